The monoisotopic (exact) mass is 385 g/mol. The Hall–Kier alpha value is -1.68. The molecule has 1 heterocycles. The molecule has 0 bridgehead atoms. The van der Waals surface area contributed by atoms with Crippen LogP contribution in [0, 0.1) is 6.92 Å². The van der Waals surface area contributed by atoms with Crippen LogP contribution in [0.5, 0.6) is 5.75 Å². The average molecular weight is 385 g/mol. The summed E-state index contributed by atoms with van der Waals surface area (Å²) in [6.07, 6.45) is 0. The summed E-state index contributed by atoms with van der Waals surface area (Å²) < 4.78 is 37.0. The summed E-state index contributed by atoms with van der Waals surface area (Å²) in [4.78, 5) is 14.4. The van der Waals surface area contributed by atoms with E-state index >= 15 is 0 Å². The summed E-state index contributed by atoms with van der Waals surface area (Å²) in [5, 5.41) is 2.77. The highest BCUT2D eigenvalue weighted by Gasteiger charge is 2.26. The predicted molar refractivity (Wildman–Crippen MR) is 97.8 cm³/mol. The van der Waals surface area contributed by atoms with E-state index in [0.29, 0.717) is 19.8 Å². The molecule has 0 atom stereocenters. The number of aryl methyl sites for hydroxylation is 1. The summed E-state index contributed by atoms with van der Waals surface area (Å²) in [7, 11) is -1.02. The molecule has 0 radical (unpaired) electrons. The molecule has 1 saturated heterocycles. The fourth-order valence-electron chi connectivity index (χ4n) is 2.67. The summed E-state index contributed by atoms with van der Waals surface area (Å²) in [6, 6.07) is 4.93. The van der Waals surface area contributed by atoms with E-state index in [1.54, 1.807) is 25.1 Å². The lowest BCUT2D eigenvalue weighted by molar-refractivity contribution is -0.121. The van der Waals surface area contributed by atoms with Crippen molar-refractivity contribution in [3.63, 3.8) is 0 Å². The van der Waals surface area contributed by atoms with Gasteiger partial charge in [0.1, 0.15) is 10.6 Å². The van der Waals surface area contributed by atoms with Crippen molar-refractivity contribution in [3.05, 3.63) is 23.8 Å². The molecule has 0 saturated carbocycles. The first-order valence-corrected chi connectivity index (χ1v) is 9.96. The first kappa shape index (κ1) is 20.6. The summed E-state index contributed by atoms with van der Waals surface area (Å²) in [6.45, 7) is 5.84. The fourth-order valence-corrected chi connectivity index (χ4v) is 4.04. The number of rotatable bonds is 8. The van der Waals surface area contributed by atoms with Gasteiger partial charge in [0.25, 0.3) is 0 Å². The number of nitrogens with zero attached hydrogens (tertiary/aromatic N) is 2. The van der Waals surface area contributed by atoms with Crippen LogP contribution in [-0.2, 0) is 19.6 Å². The van der Waals surface area contributed by atoms with Crippen molar-refractivity contribution in [3.8, 4) is 5.75 Å². The largest absolute Gasteiger partial charge is 0.495 e. The molecule has 1 fully saturated rings. The van der Waals surface area contributed by atoms with Crippen molar-refractivity contribution in [2.75, 3.05) is 60.1 Å². The maximum Gasteiger partial charge on any atom is 0.246 e. The molecule has 1 aromatic rings. The Balaban J connectivity index is 1.91. The van der Waals surface area contributed by atoms with Gasteiger partial charge in [-0.15, -0.1) is 0 Å². The SMILES string of the molecule is COc1ccc(C)cc1S(=O)(=O)N(C)CC(=O)NCCN1CCOCC1. The van der Waals surface area contributed by atoms with E-state index in [4.69, 9.17) is 9.47 Å². The molecule has 26 heavy (non-hydrogen) atoms. The second-order valence-corrected chi connectivity index (χ2v) is 8.23. The molecule has 1 aliphatic rings. The van der Waals surface area contributed by atoms with Gasteiger partial charge < -0.3 is 14.8 Å². The Bertz CT molecular complexity index is 717. The Kier molecular flexibility index (Phi) is 7.39. The van der Waals surface area contributed by atoms with Crippen molar-refractivity contribution in [1.29, 1.82) is 0 Å². The maximum absolute atomic E-state index is 12.8. The number of sulfonamides is 1. The molecule has 0 aliphatic carbocycles. The number of ether oxygens (including phenoxy) is 2. The van der Waals surface area contributed by atoms with E-state index < -0.39 is 10.0 Å². The normalized spacial score (nSPS) is 15.8. The third-order valence-electron chi connectivity index (χ3n) is 4.23. The van der Waals surface area contributed by atoms with E-state index in [-0.39, 0.29) is 23.1 Å². The average Bonchev–Trinajstić information content (AvgIpc) is 2.62. The van der Waals surface area contributed by atoms with Gasteiger partial charge >= 0.3 is 0 Å². The van der Waals surface area contributed by atoms with Gasteiger partial charge in [-0.25, -0.2) is 8.42 Å². The van der Waals surface area contributed by atoms with Crippen LogP contribution in [-0.4, -0.2) is 83.6 Å². The number of likely N-dealkylation sites (N-methyl/N-ethyl adjacent to an activating group) is 1. The van der Waals surface area contributed by atoms with Crippen molar-refractivity contribution in [1.82, 2.24) is 14.5 Å². The van der Waals surface area contributed by atoms with Crippen molar-refractivity contribution in [2.45, 2.75) is 11.8 Å². The van der Waals surface area contributed by atoms with E-state index in [0.717, 1.165) is 29.5 Å². The Morgan fingerprint density at radius 2 is 2.04 bits per heavy atom. The van der Waals surface area contributed by atoms with Gasteiger partial charge in [-0.1, -0.05) is 6.07 Å². The van der Waals surface area contributed by atoms with Crippen LogP contribution in [0.15, 0.2) is 23.1 Å². The lowest BCUT2D eigenvalue weighted by Gasteiger charge is -2.26. The third-order valence-corrected chi connectivity index (χ3v) is 6.05. The molecule has 8 nitrogen and oxygen atoms in total. The zero-order chi connectivity index (χ0) is 19.2. The molecule has 0 aromatic heterocycles. The van der Waals surface area contributed by atoms with E-state index in [9.17, 15) is 13.2 Å². The highest BCUT2D eigenvalue weighted by molar-refractivity contribution is 7.89. The van der Waals surface area contributed by atoms with E-state index in [1.165, 1.54) is 14.2 Å². The summed E-state index contributed by atoms with van der Waals surface area (Å²) in [5.41, 5.74) is 0.799. The molecule has 146 valence electrons. The Labute approximate surface area is 155 Å². The minimum absolute atomic E-state index is 0.0589. The molecule has 0 spiro atoms. The number of hydrogen-bond donors (Lipinski definition) is 1. The minimum Gasteiger partial charge on any atom is -0.495 e. The fraction of sp³-hybridized carbons (Fsp3) is 0.588. The zero-order valence-electron chi connectivity index (χ0n) is 15.5. The molecule has 1 aliphatic heterocycles. The zero-order valence-corrected chi connectivity index (χ0v) is 16.3. The number of hydrogen-bond acceptors (Lipinski definition) is 6. The third kappa shape index (κ3) is 5.41. The van der Waals surface area contributed by atoms with Gasteiger partial charge in [0.15, 0.2) is 0 Å². The Morgan fingerprint density at radius 3 is 2.69 bits per heavy atom. The highest BCUT2D eigenvalue weighted by Crippen LogP contribution is 2.26. The van der Waals surface area contributed by atoms with Crippen LogP contribution >= 0.6 is 0 Å². The van der Waals surface area contributed by atoms with Gasteiger partial charge in [-0.3, -0.25) is 9.69 Å². The van der Waals surface area contributed by atoms with Gasteiger partial charge in [0.2, 0.25) is 15.9 Å². The van der Waals surface area contributed by atoms with Crippen LogP contribution < -0.4 is 10.1 Å². The smallest absolute Gasteiger partial charge is 0.246 e. The van der Waals surface area contributed by atoms with Gasteiger partial charge in [-0.2, -0.15) is 4.31 Å². The van der Waals surface area contributed by atoms with Gasteiger partial charge in [0.05, 0.1) is 26.9 Å². The van der Waals surface area contributed by atoms with Crippen LogP contribution in [0.2, 0.25) is 0 Å². The van der Waals surface area contributed by atoms with Crippen molar-refractivity contribution in [2.24, 2.45) is 0 Å². The number of carbonyl (C=O) groups is 1. The predicted octanol–water partition coefficient (Wildman–Crippen LogP) is 0.0725. The number of carbonyl (C=O) groups excluding carboxylic acids is 1. The number of morpholine rings is 1. The summed E-state index contributed by atoms with van der Waals surface area (Å²) in [5.74, 6) is -0.0777. The van der Waals surface area contributed by atoms with Crippen LogP contribution in [0.4, 0.5) is 0 Å². The second kappa shape index (κ2) is 9.31. The van der Waals surface area contributed by atoms with Crippen molar-refractivity contribution < 1.29 is 22.7 Å². The molecule has 9 heteroatoms. The number of methoxy groups -OCH3 is 1. The number of benzene rings is 1. The molecule has 0 unspecified atom stereocenters. The second-order valence-electron chi connectivity index (χ2n) is 6.22. The van der Waals surface area contributed by atoms with E-state index in [1.807, 2.05) is 0 Å². The first-order chi connectivity index (χ1) is 12.3. The minimum atomic E-state index is -3.82. The molecular formula is C17H27N3O5S. The molecule has 1 amide bonds. The number of nitrogens with one attached hydrogen (secondary N) is 1. The molecular weight excluding hydrogens is 358 g/mol. The van der Waals surface area contributed by atoms with Crippen LogP contribution in [0.3, 0.4) is 0 Å². The topological polar surface area (TPSA) is 88.2 Å². The maximum atomic E-state index is 12.8. The van der Waals surface area contributed by atoms with E-state index in [2.05, 4.69) is 10.2 Å². The van der Waals surface area contributed by atoms with Gasteiger partial charge in [0, 0.05) is 33.2 Å². The number of amides is 1. The van der Waals surface area contributed by atoms with Crippen LogP contribution in [0.25, 0.3) is 0 Å². The molecule has 2 rings (SSSR count). The van der Waals surface area contributed by atoms with Crippen molar-refractivity contribution >= 4 is 15.9 Å². The first-order valence-electron chi connectivity index (χ1n) is 8.52. The molecule has 1 N–H and O–H groups in total. The summed E-state index contributed by atoms with van der Waals surface area (Å²) >= 11 is 0. The quantitative estimate of drug-likeness (QED) is 0.682. The highest BCUT2D eigenvalue weighted by atomic mass is 32.2. The molecule has 1 aromatic carbocycles. The standard InChI is InChI=1S/C17H27N3O5S/c1-14-4-5-15(24-3)16(12-14)26(22,23)19(2)13-17(21)18-6-7-20-8-10-25-11-9-20/h4-5,12H,6-11,13H2,1-3H3,(H,18,21). The lowest BCUT2D eigenvalue weighted by atomic mass is 10.2. The lowest BCUT2D eigenvalue weighted by Crippen LogP contribution is -2.43. The van der Waals surface area contributed by atoms with Gasteiger partial charge in [-0.05, 0) is 24.6 Å². The van der Waals surface area contributed by atoms with Crippen LogP contribution in [0.1, 0.15) is 5.56 Å². The Morgan fingerprint density at radius 1 is 1.35 bits per heavy atom.